The van der Waals surface area contributed by atoms with E-state index in [2.05, 4.69) is 11.4 Å². The Labute approximate surface area is 108 Å². The van der Waals surface area contributed by atoms with Gasteiger partial charge in [-0.2, -0.15) is 0 Å². The van der Waals surface area contributed by atoms with Crippen molar-refractivity contribution in [1.82, 2.24) is 5.32 Å². The lowest BCUT2D eigenvalue weighted by Gasteiger charge is -2.23. The van der Waals surface area contributed by atoms with Gasteiger partial charge in [0, 0.05) is 19.2 Å². The molecule has 0 radical (unpaired) electrons. The summed E-state index contributed by atoms with van der Waals surface area (Å²) in [5, 5.41) is 3.51. The molecule has 1 aliphatic rings. The summed E-state index contributed by atoms with van der Waals surface area (Å²) < 4.78 is 16.0. The number of benzene rings is 1. The second kappa shape index (κ2) is 6.61. The lowest BCUT2D eigenvalue weighted by molar-refractivity contribution is 0.0699. The second-order valence-corrected chi connectivity index (χ2v) is 4.48. The summed E-state index contributed by atoms with van der Waals surface area (Å²) in [6.07, 6.45) is 2.33. The summed E-state index contributed by atoms with van der Waals surface area (Å²) >= 11 is 0. The maximum Gasteiger partial charge on any atom is 0.161 e. The summed E-state index contributed by atoms with van der Waals surface area (Å²) in [6, 6.07) is 6.47. The SMILES string of the molecule is COc1ccc(CNC2CCCOC2)cc1OC. The molecule has 4 nitrogen and oxygen atoms in total. The standard InChI is InChI=1S/C14H21NO3/c1-16-13-6-5-11(8-14(13)17-2)9-15-12-4-3-7-18-10-12/h5-6,8,12,15H,3-4,7,9-10H2,1-2H3. The largest absolute Gasteiger partial charge is 0.493 e. The molecule has 0 spiro atoms. The Balaban J connectivity index is 1.92. The molecule has 100 valence electrons. The summed E-state index contributed by atoms with van der Waals surface area (Å²) in [7, 11) is 3.30. The number of rotatable bonds is 5. The van der Waals surface area contributed by atoms with Gasteiger partial charge in [-0.1, -0.05) is 6.07 Å². The first-order chi connectivity index (χ1) is 8.83. The summed E-state index contributed by atoms with van der Waals surface area (Å²) in [4.78, 5) is 0. The van der Waals surface area contributed by atoms with Crippen molar-refractivity contribution in [2.24, 2.45) is 0 Å². The van der Waals surface area contributed by atoms with E-state index in [1.807, 2.05) is 12.1 Å². The van der Waals surface area contributed by atoms with E-state index in [-0.39, 0.29) is 0 Å². The molecule has 0 aromatic heterocycles. The van der Waals surface area contributed by atoms with Crippen molar-refractivity contribution in [3.63, 3.8) is 0 Å². The van der Waals surface area contributed by atoms with Gasteiger partial charge >= 0.3 is 0 Å². The van der Waals surface area contributed by atoms with Crippen molar-refractivity contribution in [3.8, 4) is 11.5 Å². The molecule has 1 aliphatic heterocycles. The van der Waals surface area contributed by atoms with Crippen molar-refractivity contribution in [1.29, 1.82) is 0 Å². The van der Waals surface area contributed by atoms with Crippen molar-refractivity contribution < 1.29 is 14.2 Å². The number of ether oxygens (including phenoxy) is 3. The molecule has 1 saturated heterocycles. The first-order valence-corrected chi connectivity index (χ1v) is 6.35. The quantitative estimate of drug-likeness (QED) is 0.868. The minimum atomic E-state index is 0.465. The van der Waals surface area contributed by atoms with Gasteiger partial charge in [-0.25, -0.2) is 0 Å². The van der Waals surface area contributed by atoms with Gasteiger partial charge in [0.05, 0.1) is 20.8 Å². The Morgan fingerprint density at radius 2 is 2.11 bits per heavy atom. The minimum Gasteiger partial charge on any atom is -0.493 e. The summed E-state index contributed by atoms with van der Waals surface area (Å²) in [5.41, 5.74) is 1.19. The Morgan fingerprint density at radius 1 is 1.28 bits per heavy atom. The van der Waals surface area contributed by atoms with E-state index in [1.165, 1.54) is 12.0 Å². The number of nitrogens with one attached hydrogen (secondary N) is 1. The van der Waals surface area contributed by atoms with E-state index in [0.717, 1.165) is 37.7 Å². The number of methoxy groups -OCH3 is 2. The van der Waals surface area contributed by atoms with Crippen LogP contribution in [0.5, 0.6) is 11.5 Å². The Kier molecular flexibility index (Phi) is 4.84. The maximum absolute atomic E-state index is 5.44. The molecule has 1 fully saturated rings. The normalized spacial score (nSPS) is 19.6. The molecule has 1 N–H and O–H groups in total. The van der Waals surface area contributed by atoms with Crippen LogP contribution in [0, 0.1) is 0 Å². The van der Waals surface area contributed by atoms with Crippen LogP contribution in [0.1, 0.15) is 18.4 Å². The summed E-state index contributed by atoms with van der Waals surface area (Å²) in [5.74, 6) is 1.54. The van der Waals surface area contributed by atoms with Crippen molar-refractivity contribution in [3.05, 3.63) is 23.8 Å². The molecule has 1 aromatic carbocycles. The third-order valence-corrected chi connectivity index (χ3v) is 3.20. The third-order valence-electron chi connectivity index (χ3n) is 3.20. The number of hydrogen-bond donors (Lipinski definition) is 1. The first kappa shape index (κ1) is 13.2. The molecule has 1 atom stereocenters. The number of hydrogen-bond acceptors (Lipinski definition) is 4. The molecular formula is C14H21NO3. The zero-order valence-electron chi connectivity index (χ0n) is 11.1. The summed E-state index contributed by atoms with van der Waals surface area (Å²) in [6.45, 7) is 2.54. The van der Waals surface area contributed by atoms with Gasteiger partial charge < -0.3 is 19.5 Å². The van der Waals surface area contributed by atoms with E-state index < -0.39 is 0 Å². The van der Waals surface area contributed by atoms with Crippen LogP contribution in [0.4, 0.5) is 0 Å². The van der Waals surface area contributed by atoms with E-state index in [4.69, 9.17) is 14.2 Å². The average molecular weight is 251 g/mol. The van der Waals surface area contributed by atoms with Gasteiger partial charge in [-0.05, 0) is 30.5 Å². The topological polar surface area (TPSA) is 39.7 Å². The van der Waals surface area contributed by atoms with Crippen LogP contribution < -0.4 is 14.8 Å². The fourth-order valence-electron chi connectivity index (χ4n) is 2.15. The van der Waals surface area contributed by atoms with Crippen molar-refractivity contribution in [2.45, 2.75) is 25.4 Å². The third kappa shape index (κ3) is 3.37. The lowest BCUT2D eigenvalue weighted by atomic mass is 10.1. The molecule has 0 aliphatic carbocycles. The maximum atomic E-state index is 5.44. The highest BCUT2D eigenvalue weighted by Gasteiger charge is 2.13. The average Bonchev–Trinajstić information content (AvgIpc) is 2.45. The van der Waals surface area contributed by atoms with Crippen LogP contribution in [-0.2, 0) is 11.3 Å². The molecule has 0 saturated carbocycles. The van der Waals surface area contributed by atoms with Crippen LogP contribution in [0.2, 0.25) is 0 Å². The van der Waals surface area contributed by atoms with E-state index in [1.54, 1.807) is 14.2 Å². The Bertz CT molecular complexity index is 375. The van der Waals surface area contributed by atoms with Crippen LogP contribution in [0.25, 0.3) is 0 Å². The zero-order chi connectivity index (χ0) is 12.8. The van der Waals surface area contributed by atoms with Gasteiger partial charge in [-0.3, -0.25) is 0 Å². The first-order valence-electron chi connectivity index (χ1n) is 6.35. The molecule has 0 amide bonds. The minimum absolute atomic E-state index is 0.465. The van der Waals surface area contributed by atoms with E-state index >= 15 is 0 Å². The van der Waals surface area contributed by atoms with Crippen molar-refractivity contribution in [2.75, 3.05) is 27.4 Å². The highest BCUT2D eigenvalue weighted by Crippen LogP contribution is 2.27. The van der Waals surface area contributed by atoms with E-state index in [0.29, 0.717) is 6.04 Å². The van der Waals surface area contributed by atoms with Gasteiger partial charge in [0.15, 0.2) is 11.5 Å². The van der Waals surface area contributed by atoms with Gasteiger partial charge in [0.2, 0.25) is 0 Å². The lowest BCUT2D eigenvalue weighted by Crippen LogP contribution is -2.36. The fraction of sp³-hybridized carbons (Fsp3) is 0.571. The molecule has 1 aromatic rings. The van der Waals surface area contributed by atoms with Crippen LogP contribution in [0.15, 0.2) is 18.2 Å². The zero-order valence-corrected chi connectivity index (χ0v) is 11.1. The predicted octanol–water partition coefficient (Wildman–Crippen LogP) is 1.97. The molecular weight excluding hydrogens is 230 g/mol. The van der Waals surface area contributed by atoms with Gasteiger partial charge in [-0.15, -0.1) is 0 Å². The van der Waals surface area contributed by atoms with Crippen molar-refractivity contribution >= 4 is 0 Å². The Hall–Kier alpha value is -1.26. The highest BCUT2D eigenvalue weighted by atomic mass is 16.5. The highest BCUT2D eigenvalue weighted by molar-refractivity contribution is 5.42. The van der Waals surface area contributed by atoms with E-state index in [9.17, 15) is 0 Å². The smallest absolute Gasteiger partial charge is 0.161 e. The van der Waals surface area contributed by atoms with Gasteiger partial charge in [0.1, 0.15) is 0 Å². The van der Waals surface area contributed by atoms with Gasteiger partial charge in [0.25, 0.3) is 0 Å². The van der Waals surface area contributed by atoms with Crippen LogP contribution in [0.3, 0.4) is 0 Å². The second-order valence-electron chi connectivity index (χ2n) is 4.48. The monoisotopic (exact) mass is 251 g/mol. The predicted molar refractivity (Wildman–Crippen MR) is 70.2 cm³/mol. The molecule has 1 heterocycles. The molecule has 2 rings (SSSR count). The molecule has 18 heavy (non-hydrogen) atoms. The molecule has 4 heteroatoms. The molecule has 0 bridgehead atoms. The van der Waals surface area contributed by atoms with Crippen LogP contribution in [-0.4, -0.2) is 33.5 Å². The molecule has 1 unspecified atom stereocenters. The van der Waals surface area contributed by atoms with Crippen LogP contribution >= 0.6 is 0 Å². The Morgan fingerprint density at radius 3 is 2.78 bits per heavy atom. The fourth-order valence-corrected chi connectivity index (χ4v) is 2.15.